The quantitative estimate of drug-likeness (QED) is 0.0175. The van der Waals surface area contributed by atoms with Gasteiger partial charge in [-0.05, 0) is 170 Å². The topological polar surface area (TPSA) is 133 Å². The van der Waals surface area contributed by atoms with Crippen molar-refractivity contribution >= 4 is 62.0 Å². The van der Waals surface area contributed by atoms with E-state index in [9.17, 15) is 38.9 Å². The van der Waals surface area contributed by atoms with Crippen molar-refractivity contribution in [3.63, 3.8) is 0 Å². The number of hydrogen-bond acceptors (Lipinski definition) is 7. The van der Waals surface area contributed by atoms with Gasteiger partial charge in [0.1, 0.15) is 39.9 Å². The molecule has 3 aliphatic heterocycles. The van der Waals surface area contributed by atoms with Gasteiger partial charge in [0, 0.05) is 75.1 Å². The van der Waals surface area contributed by atoms with Crippen LogP contribution in [0.5, 0.6) is 0 Å². The summed E-state index contributed by atoms with van der Waals surface area (Å²) in [6.07, 6.45) is 72.7. The van der Waals surface area contributed by atoms with E-state index in [0.717, 1.165) is 63.3 Å². The van der Waals surface area contributed by atoms with E-state index in [1.54, 1.807) is 30.9 Å². The first-order valence-electron chi connectivity index (χ1n) is 43.5. The summed E-state index contributed by atoms with van der Waals surface area (Å²) in [5.41, 5.74) is 21.1. The number of hydrogen-bond donors (Lipinski definition) is 0. The smallest absolute Gasteiger partial charge is 1.00 e. The molecule has 716 valence electrons. The van der Waals surface area contributed by atoms with Crippen LogP contribution < -0.4 is 4.70 Å². The maximum Gasteiger partial charge on any atom is 2.00 e. The third kappa shape index (κ3) is 36.3. The molecule has 10 nitrogen and oxygen atoms in total. The van der Waals surface area contributed by atoms with Gasteiger partial charge in [-0.2, -0.15) is 13.7 Å². The van der Waals surface area contributed by atoms with E-state index in [-0.39, 0.29) is 127 Å². The average Bonchev–Trinajstić information content (AvgIpc) is 1.58. The van der Waals surface area contributed by atoms with E-state index in [1.165, 1.54) is 187 Å². The van der Waals surface area contributed by atoms with Crippen molar-refractivity contribution < 1.29 is 113 Å². The molecular weight excluding hydrogens is 1820 g/mol. The van der Waals surface area contributed by atoms with Crippen molar-refractivity contribution in [2.24, 2.45) is 23.7 Å². The van der Waals surface area contributed by atoms with Crippen LogP contribution in [-0.2, 0) is 98.8 Å². The molecule has 10 aliphatic rings. The molecule has 7 aliphatic carbocycles. The van der Waals surface area contributed by atoms with Gasteiger partial charge in [0.25, 0.3) is 0 Å². The van der Waals surface area contributed by atoms with Gasteiger partial charge >= 0.3 is 58.8 Å². The van der Waals surface area contributed by atoms with E-state index in [4.69, 9.17) is 4.74 Å². The Morgan fingerprint density at radius 1 is 0.432 bits per heavy atom. The molecule has 3 atom stereocenters. The Labute approximate surface area is 827 Å². The SMILES string of the molecule is C1=CCC=C1.C1=CCC=C1.C1=CCC=C1.CC1=[N+](CCC2CCCCC2)c2ccccc2C1(C)C1C=CC=C1.CC[N+]1=C(C)C(CCCCC2C=CC=C2)(Cc2ccccc2)c2cc(C)ccc21.COCC[N+]1=C(C)C(C)(CCC2C=CC=C2)c2cc(-c3ccc(C)cc3)ccc21.Cc1ccc(S(=O)(=O)[O-])cc1.FB(F)F.O=S(=O)([O-])c1ccccc1.[CH3-].[CH3-].[CH3-].[CH3-].[CH3-].[CH3-].[F-].[Fe+2].[Fe+2].[Fe+2]. The number of halogens is 4. The van der Waals surface area contributed by atoms with Gasteiger partial charge in [0.05, 0.1) is 26.0 Å². The summed E-state index contributed by atoms with van der Waals surface area (Å²) in [4.78, 5) is -0.363. The molecule has 17 rings (SSSR count). The second-order valence-electron chi connectivity index (χ2n) is 33.0. The first kappa shape index (κ1) is 126. The predicted octanol–water partition coefficient (Wildman–Crippen LogP) is 25.5. The van der Waals surface area contributed by atoms with E-state index < -0.39 is 27.8 Å². The Bertz CT molecular complexity index is 5210. The van der Waals surface area contributed by atoms with Crippen LogP contribution in [0, 0.1) is 89.0 Å². The molecule has 1 fully saturated rings. The Balaban J connectivity index is 0. The van der Waals surface area contributed by atoms with Gasteiger partial charge < -0.3 is 63.1 Å². The van der Waals surface area contributed by atoms with Crippen LogP contribution in [0.3, 0.4) is 0 Å². The zero-order valence-electron chi connectivity index (χ0n) is 80.6. The number of aryl methyl sites for hydroxylation is 3. The van der Waals surface area contributed by atoms with Gasteiger partial charge in [0.15, 0.2) is 23.7 Å². The molecule has 0 radical (unpaired) electrons. The van der Waals surface area contributed by atoms with Crippen LogP contribution in [0.4, 0.5) is 30.0 Å². The third-order valence-corrected chi connectivity index (χ3v) is 26.6. The van der Waals surface area contributed by atoms with Crippen LogP contribution in [0.1, 0.15) is 177 Å². The summed E-state index contributed by atoms with van der Waals surface area (Å²) in [6.45, 7) is 24.2. The molecule has 0 saturated heterocycles. The fourth-order valence-corrected chi connectivity index (χ4v) is 18.6. The molecule has 7 aromatic carbocycles. The summed E-state index contributed by atoms with van der Waals surface area (Å²) in [5.74, 6) is 2.64. The Hall–Kier alpha value is -8.45. The first-order chi connectivity index (χ1) is 58.7. The second kappa shape index (κ2) is 63.0. The molecule has 0 bridgehead atoms. The molecule has 0 aromatic heterocycles. The minimum atomic E-state index is -4.27. The molecular formula is C112H144BF4Fe3N3O7S2. The number of unbranched alkanes of at least 4 members (excludes halogenated alkanes) is 1. The maximum atomic E-state index is 10.4. The molecule has 132 heavy (non-hydrogen) atoms. The minimum absolute atomic E-state index is 0. The van der Waals surface area contributed by atoms with E-state index in [1.807, 2.05) is 6.92 Å². The summed E-state index contributed by atoms with van der Waals surface area (Å²) in [5, 5.41) is 0. The second-order valence-corrected chi connectivity index (χ2v) is 35.8. The summed E-state index contributed by atoms with van der Waals surface area (Å²) in [7, 11) is -10.4. The predicted molar refractivity (Wildman–Crippen MR) is 539 cm³/mol. The Kier molecular flexibility index (Phi) is 59.9. The number of allylic oxidation sites excluding steroid dienone is 24. The van der Waals surface area contributed by atoms with Crippen molar-refractivity contribution in [3.8, 4) is 11.1 Å². The van der Waals surface area contributed by atoms with E-state index in [2.05, 4.69) is 330 Å². The summed E-state index contributed by atoms with van der Waals surface area (Å²) in [6, 6.07) is 56.1. The van der Waals surface area contributed by atoms with E-state index in [0.29, 0.717) is 17.8 Å². The first-order valence-corrected chi connectivity index (χ1v) is 46.3. The van der Waals surface area contributed by atoms with Gasteiger partial charge in [-0.25, -0.2) is 16.8 Å². The minimum Gasteiger partial charge on any atom is -1.00 e. The summed E-state index contributed by atoms with van der Waals surface area (Å²) >= 11 is 0. The maximum absolute atomic E-state index is 10.4. The number of nitrogens with zero attached hydrogens (tertiary/aromatic N) is 3. The van der Waals surface area contributed by atoms with E-state index >= 15 is 0 Å². The van der Waals surface area contributed by atoms with Crippen molar-refractivity contribution in [1.29, 1.82) is 0 Å². The average molecular weight is 1960 g/mol. The third-order valence-electron chi connectivity index (χ3n) is 24.9. The van der Waals surface area contributed by atoms with Crippen LogP contribution in [0.15, 0.2) is 325 Å². The standard InChI is InChI=1S/C28H34N.C27H32NO.C23H30N.C7H8O3S.C6H6O3S.3C5H6.6CH3.BF3.FH.3Fe/c1-4-29-23(3)28(21-25-15-6-5-7-16-25,26-20-22(2)17-18-27(26)29)19-11-10-14-24-12-8-9-13-24;1-20-9-11-23(12-10-20)24-13-14-26-25(19-24)27(3,16-15-22-7-5-6-8-22)21(2)28(26)17-18-29-4;1-18-23(2,20-12-6-7-13-20)21-14-8-9-15-22(21)24(18)17-16-19-10-4-3-5-11-19;1-6-2-4-7(5-3-6)11(8,9)10;7-10(8,9)6-4-2-1-3-5-6;3*1-2-4-5-3-1;;;;;;;2-1(3)4;;;;/h5-9,12-13,15-18,20,24H,4,10-11,14,19,21H2,1-3H3;5-14,19,22H,15-18H2,1-4H3;6-9,12-15,19-20H,3-5,10-11,16-17H2,1-2H3;2-5H,1H3,(H,8,9,10);1-5H,(H,7,8,9);3*1-4H,5H2;6*1H3;;1H;;;/q3*+1;;;;;;6*-1;;;3*+2/p-3. The van der Waals surface area contributed by atoms with Gasteiger partial charge in [0.2, 0.25) is 17.1 Å². The van der Waals surface area contributed by atoms with Crippen LogP contribution in [0.25, 0.3) is 11.1 Å². The summed E-state index contributed by atoms with van der Waals surface area (Å²) < 4.78 is 104. The zero-order valence-corrected chi connectivity index (χ0v) is 85.6. The van der Waals surface area contributed by atoms with Crippen LogP contribution in [-0.4, -0.2) is 97.7 Å². The molecule has 0 N–H and O–H groups in total. The van der Waals surface area contributed by atoms with Crippen molar-refractivity contribution in [1.82, 2.24) is 0 Å². The number of ether oxygens (including phenoxy) is 1. The van der Waals surface area contributed by atoms with Crippen LogP contribution in [0.2, 0.25) is 0 Å². The van der Waals surface area contributed by atoms with Crippen LogP contribution >= 0.6 is 0 Å². The normalized spacial score (nSPS) is 18.1. The zero-order chi connectivity index (χ0) is 87.6. The molecule has 1 saturated carbocycles. The van der Waals surface area contributed by atoms with Gasteiger partial charge in [-0.15, -0.1) is 0 Å². The Morgan fingerprint density at radius 3 is 1.33 bits per heavy atom. The Morgan fingerprint density at radius 2 is 0.856 bits per heavy atom. The monoisotopic (exact) mass is 1960 g/mol. The number of para-hydroxylation sites is 1. The molecule has 0 spiro atoms. The number of benzene rings is 7. The van der Waals surface area contributed by atoms with Gasteiger partial charge in [-0.1, -0.05) is 317 Å². The fraction of sp³-hybridized carbons (Fsp3) is 0.330. The molecule has 20 heteroatoms. The largest absolute Gasteiger partial charge is 2.00 e. The van der Waals surface area contributed by atoms with Crippen molar-refractivity contribution in [3.05, 3.63) is 399 Å². The molecule has 3 unspecified atom stereocenters. The molecule has 0 amide bonds. The van der Waals surface area contributed by atoms with Gasteiger partial charge in [-0.3, -0.25) is 12.9 Å². The molecule has 3 heterocycles. The number of methoxy groups -OCH3 is 1. The molecule has 7 aromatic rings. The van der Waals surface area contributed by atoms with Crippen molar-refractivity contribution in [2.45, 2.75) is 191 Å². The fourth-order valence-electron chi connectivity index (χ4n) is 17.7. The number of fused-ring (bicyclic) bond motifs is 3. The van der Waals surface area contributed by atoms with Crippen molar-refractivity contribution in [2.75, 3.05) is 33.4 Å². The number of rotatable bonds is 21.